The summed E-state index contributed by atoms with van der Waals surface area (Å²) >= 11 is 0. The highest BCUT2D eigenvalue weighted by Gasteiger charge is 2.26. The Morgan fingerprint density at radius 2 is 1.68 bits per heavy atom. The predicted molar refractivity (Wildman–Crippen MR) is 90.2 cm³/mol. The smallest absolute Gasteiger partial charge is 0.408 e. The molecular weight excluding hydrogens is 328 g/mol. The summed E-state index contributed by atoms with van der Waals surface area (Å²) in [7, 11) is 0. The fraction of sp³-hybridized carbons (Fsp3) is 0.471. The molecule has 4 N–H and O–H groups in total. The second kappa shape index (κ2) is 8.36. The minimum absolute atomic E-state index is 0.0735. The van der Waals surface area contributed by atoms with Crippen molar-refractivity contribution in [2.45, 2.75) is 51.8 Å². The number of carboxylic acids is 1. The summed E-state index contributed by atoms with van der Waals surface area (Å²) in [5.74, 6) is -1.76. The molecule has 1 aromatic carbocycles. The van der Waals surface area contributed by atoms with Crippen LogP contribution in [0.2, 0.25) is 0 Å². The Morgan fingerprint density at radius 3 is 2.16 bits per heavy atom. The third kappa shape index (κ3) is 7.56. The van der Waals surface area contributed by atoms with Crippen LogP contribution in [0.15, 0.2) is 24.3 Å². The summed E-state index contributed by atoms with van der Waals surface area (Å²) in [6, 6.07) is 3.99. The number of carbonyl (C=O) groups is 3. The van der Waals surface area contributed by atoms with Gasteiger partial charge < -0.3 is 25.6 Å². The molecule has 0 aromatic heterocycles. The molecule has 1 aromatic rings. The van der Waals surface area contributed by atoms with Crippen LogP contribution in [0.3, 0.4) is 0 Å². The van der Waals surface area contributed by atoms with Gasteiger partial charge in [-0.2, -0.15) is 0 Å². The van der Waals surface area contributed by atoms with Crippen molar-refractivity contribution in [3.63, 3.8) is 0 Å². The predicted octanol–water partition coefficient (Wildman–Crippen LogP) is 1.42. The number of amides is 2. The normalized spacial score (nSPS) is 13.4. The maximum atomic E-state index is 12.3. The van der Waals surface area contributed by atoms with Crippen molar-refractivity contribution in [3.05, 3.63) is 29.8 Å². The molecular formula is C17H24N2O6. The van der Waals surface area contributed by atoms with Crippen LogP contribution in [0.25, 0.3) is 0 Å². The molecule has 138 valence electrons. The SMILES string of the molecule is C[C@H](NC(=O)[C@H](Cc1ccc(O)cc1)NC(=O)OC(C)(C)C)C(=O)O. The fourth-order valence-corrected chi connectivity index (χ4v) is 1.90. The topological polar surface area (TPSA) is 125 Å². The van der Waals surface area contributed by atoms with Gasteiger partial charge in [0.1, 0.15) is 23.4 Å². The minimum atomic E-state index is -1.19. The Balaban J connectivity index is 2.88. The summed E-state index contributed by atoms with van der Waals surface area (Å²) in [6.45, 7) is 6.39. The van der Waals surface area contributed by atoms with Crippen molar-refractivity contribution in [1.29, 1.82) is 0 Å². The number of alkyl carbamates (subject to hydrolysis) is 1. The van der Waals surface area contributed by atoms with Gasteiger partial charge >= 0.3 is 12.1 Å². The number of ether oxygens (including phenoxy) is 1. The number of aromatic hydroxyl groups is 1. The summed E-state index contributed by atoms with van der Waals surface area (Å²) in [5.41, 5.74) is -0.0603. The largest absolute Gasteiger partial charge is 0.508 e. The number of rotatable bonds is 6. The Labute approximate surface area is 146 Å². The van der Waals surface area contributed by atoms with Crippen LogP contribution in [-0.4, -0.2) is 45.9 Å². The molecule has 0 spiro atoms. The average molecular weight is 352 g/mol. The number of phenols is 1. The van der Waals surface area contributed by atoms with E-state index >= 15 is 0 Å². The van der Waals surface area contributed by atoms with E-state index in [2.05, 4.69) is 10.6 Å². The molecule has 2 atom stereocenters. The Hall–Kier alpha value is -2.77. The number of aliphatic carboxylic acids is 1. The van der Waals surface area contributed by atoms with Gasteiger partial charge in [0.05, 0.1) is 0 Å². The highest BCUT2D eigenvalue weighted by Crippen LogP contribution is 2.12. The Morgan fingerprint density at radius 1 is 1.12 bits per heavy atom. The van der Waals surface area contributed by atoms with Gasteiger partial charge in [0.2, 0.25) is 5.91 Å². The number of carbonyl (C=O) groups excluding carboxylic acids is 2. The van der Waals surface area contributed by atoms with E-state index in [1.807, 2.05) is 0 Å². The first-order valence-corrected chi connectivity index (χ1v) is 7.78. The van der Waals surface area contributed by atoms with Gasteiger partial charge in [0, 0.05) is 6.42 Å². The number of carboxylic acid groups (broad SMARTS) is 1. The first-order chi connectivity index (χ1) is 11.5. The fourth-order valence-electron chi connectivity index (χ4n) is 1.90. The van der Waals surface area contributed by atoms with Crippen molar-refractivity contribution in [2.75, 3.05) is 0 Å². The molecule has 0 aliphatic heterocycles. The van der Waals surface area contributed by atoms with E-state index in [1.54, 1.807) is 32.9 Å². The van der Waals surface area contributed by atoms with Crippen molar-refractivity contribution in [3.8, 4) is 5.75 Å². The second-order valence-electron chi connectivity index (χ2n) is 6.64. The zero-order valence-electron chi connectivity index (χ0n) is 14.7. The highest BCUT2D eigenvalue weighted by molar-refractivity contribution is 5.89. The monoisotopic (exact) mass is 352 g/mol. The number of hydrogen-bond donors (Lipinski definition) is 4. The van der Waals surface area contributed by atoms with Crippen LogP contribution < -0.4 is 10.6 Å². The third-order valence-corrected chi connectivity index (χ3v) is 3.11. The first kappa shape index (κ1) is 20.3. The second-order valence-corrected chi connectivity index (χ2v) is 6.64. The van der Waals surface area contributed by atoms with E-state index in [4.69, 9.17) is 9.84 Å². The summed E-state index contributed by atoms with van der Waals surface area (Å²) < 4.78 is 5.14. The van der Waals surface area contributed by atoms with Crippen LogP contribution in [0, 0.1) is 0 Å². The molecule has 0 aliphatic rings. The van der Waals surface area contributed by atoms with Crippen molar-refractivity contribution < 1.29 is 29.3 Å². The van der Waals surface area contributed by atoms with Crippen molar-refractivity contribution >= 4 is 18.0 Å². The van der Waals surface area contributed by atoms with E-state index in [-0.39, 0.29) is 12.2 Å². The minimum Gasteiger partial charge on any atom is -0.508 e. The maximum absolute atomic E-state index is 12.3. The lowest BCUT2D eigenvalue weighted by molar-refractivity contribution is -0.141. The van der Waals surface area contributed by atoms with Crippen molar-refractivity contribution in [1.82, 2.24) is 10.6 Å². The number of hydrogen-bond acceptors (Lipinski definition) is 5. The number of benzene rings is 1. The molecule has 25 heavy (non-hydrogen) atoms. The molecule has 0 unspecified atom stereocenters. The highest BCUT2D eigenvalue weighted by atomic mass is 16.6. The molecule has 0 bridgehead atoms. The van der Waals surface area contributed by atoms with E-state index in [0.29, 0.717) is 5.56 Å². The van der Waals surface area contributed by atoms with Crippen LogP contribution in [0.5, 0.6) is 5.75 Å². The zero-order chi connectivity index (χ0) is 19.2. The molecule has 8 heteroatoms. The van der Waals surface area contributed by atoms with Crippen LogP contribution >= 0.6 is 0 Å². The summed E-state index contributed by atoms with van der Waals surface area (Å²) in [5, 5.41) is 23.0. The molecule has 0 heterocycles. The van der Waals surface area contributed by atoms with Gasteiger partial charge in [0.15, 0.2) is 0 Å². The molecule has 0 fully saturated rings. The zero-order valence-corrected chi connectivity index (χ0v) is 14.7. The lowest BCUT2D eigenvalue weighted by Gasteiger charge is -2.24. The Kier molecular flexibility index (Phi) is 6.78. The van der Waals surface area contributed by atoms with Gasteiger partial charge in [-0.15, -0.1) is 0 Å². The van der Waals surface area contributed by atoms with E-state index in [1.165, 1.54) is 19.1 Å². The summed E-state index contributed by atoms with van der Waals surface area (Å²) in [6.07, 6.45) is -0.674. The average Bonchev–Trinajstić information content (AvgIpc) is 2.46. The maximum Gasteiger partial charge on any atom is 0.408 e. The van der Waals surface area contributed by atoms with E-state index < -0.39 is 35.7 Å². The van der Waals surface area contributed by atoms with Crippen LogP contribution in [-0.2, 0) is 20.7 Å². The number of nitrogens with one attached hydrogen (secondary N) is 2. The van der Waals surface area contributed by atoms with Gasteiger partial charge in [-0.3, -0.25) is 9.59 Å². The summed E-state index contributed by atoms with van der Waals surface area (Å²) in [4.78, 5) is 35.2. The molecule has 0 saturated carbocycles. The Bertz CT molecular complexity index is 621. The molecule has 0 radical (unpaired) electrons. The number of phenolic OH excluding ortho intramolecular Hbond substituents is 1. The molecule has 1 rings (SSSR count). The molecule has 8 nitrogen and oxygen atoms in total. The van der Waals surface area contributed by atoms with Gasteiger partial charge in [0.25, 0.3) is 0 Å². The van der Waals surface area contributed by atoms with E-state index in [9.17, 15) is 19.5 Å². The standard InChI is InChI=1S/C17H24N2O6/c1-10(15(22)23)18-14(21)13(19-16(24)25-17(2,3)4)9-11-5-7-12(20)8-6-11/h5-8,10,13,20H,9H2,1-4H3,(H,18,21)(H,19,24)(H,22,23)/t10-,13-/m0/s1. The molecule has 0 aliphatic carbocycles. The molecule has 0 saturated heterocycles. The quantitative estimate of drug-likeness (QED) is 0.613. The lowest BCUT2D eigenvalue weighted by Crippen LogP contribution is -2.52. The van der Waals surface area contributed by atoms with Gasteiger partial charge in [-0.1, -0.05) is 12.1 Å². The third-order valence-electron chi connectivity index (χ3n) is 3.11. The van der Waals surface area contributed by atoms with Crippen LogP contribution in [0.4, 0.5) is 4.79 Å². The molecule has 2 amide bonds. The van der Waals surface area contributed by atoms with Gasteiger partial charge in [-0.25, -0.2) is 4.79 Å². The van der Waals surface area contributed by atoms with E-state index in [0.717, 1.165) is 0 Å². The lowest BCUT2D eigenvalue weighted by atomic mass is 10.0. The first-order valence-electron chi connectivity index (χ1n) is 7.78. The van der Waals surface area contributed by atoms with Gasteiger partial charge in [-0.05, 0) is 45.4 Å². The van der Waals surface area contributed by atoms with Crippen molar-refractivity contribution in [2.24, 2.45) is 0 Å². The van der Waals surface area contributed by atoms with Crippen LogP contribution in [0.1, 0.15) is 33.3 Å².